The third-order valence-electron chi connectivity index (χ3n) is 10.5. The van der Waals surface area contributed by atoms with Gasteiger partial charge in [-0.1, -0.05) is 6.07 Å². The number of aromatic hydroxyl groups is 2. The Hall–Kier alpha value is -6.50. The molecule has 2 aliphatic heterocycles. The Morgan fingerprint density at radius 2 is 1.40 bits per heavy atom. The number of aromatic nitrogens is 6. The molecule has 15 heteroatoms. The first-order valence-corrected chi connectivity index (χ1v) is 19.1. The van der Waals surface area contributed by atoms with Gasteiger partial charge in [0.1, 0.15) is 29.0 Å². The van der Waals surface area contributed by atoms with Crippen LogP contribution in [-0.2, 0) is 4.74 Å². The summed E-state index contributed by atoms with van der Waals surface area (Å²) in [5, 5.41) is 55.8. The number of carbonyl (C=O) groups excluding carboxylic acids is 1. The minimum Gasteiger partial charge on any atom is -0.507 e. The second-order valence-corrected chi connectivity index (χ2v) is 16.0. The van der Waals surface area contributed by atoms with E-state index in [0.717, 1.165) is 56.0 Å². The van der Waals surface area contributed by atoms with Gasteiger partial charge in [-0.25, -0.2) is 14.8 Å². The lowest BCUT2D eigenvalue weighted by Gasteiger charge is -2.49. The van der Waals surface area contributed by atoms with E-state index >= 15 is 0 Å². The smallest absolute Gasteiger partial charge is 0.356 e. The second kappa shape index (κ2) is 16.2. The molecule has 2 aliphatic rings. The average Bonchev–Trinajstić information content (AvgIpc) is 3.22. The minimum absolute atomic E-state index is 0.0288. The number of piperidine rings is 1. The van der Waals surface area contributed by atoms with Crippen LogP contribution in [0.2, 0.25) is 0 Å². The zero-order chi connectivity index (χ0) is 41.2. The first kappa shape index (κ1) is 39.7. The summed E-state index contributed by atoms with van der Waals surface area (Å²) in [6.45, 7) is 12.6. The third-order valence-corrected chi connectivity index (χ3v) is 10.5. The van der Waals surface area contributed by atoms with Crippen LogP contribution in [0.4, 0.5) is 11.6 Å². The first-order valence-electron chi connectivity index (χ1n) is 19.1. The predicted molar refractivity (Wildman–Crippen MR) is 223 cm³/mol. The standard InChI is InChI=1S/C25H31N5O3.C18H16N6O/c1-24(2)13-16(14-25(3,4)29-24)30(5)22-10-9-18(27-28-22)17-12-20-15(11-21(17)31)7-8-19(26-20)23(32)33-6;19-11-13-2-1-12-9-17(25)14(10-16(12)21-13)15-3-4-18(23-22-15)24-7-5-20-6-8-24/h7-12,16,29,31H,13-14H2,1-6H3;1-4,9-10,20,25H,5-8H2. The van der Waals surface area contributed by atoms with E-state index in [0.29, 0.717) is 50.7 Å². The number of hydrogen-bond acceptors (Lipinski definition) is 15. The Kier molecular flexibility index (Phi) is 11.1. The van der Waals surface area contributed by atoms with E-state index in [1.165, 1.54) is 7.11 Å². The Balaban J connectivity index is 0.000000183. The number of nitrogens with one attached hydrogen (secondary N) is 2. The molecular formula is C43H47N11O4. The fraction of sp³-hybridized carbons (Fsp3) is 0.349. The number of phenolic OH excluding ortho intramolecular Hbond substituents is 2. The summed E-state index contributed by atoms with van der Waals surface area (Å²) >= 11 is 0. The van der Waals surface area contributed by atoms with Crippen LogP contribution in [0, 0.1) is 11.3 Å². The summed E-state index contributed by atoms with van der Waals surface area (Å²) in [6, 6.07) is 23.3. The van der Waals surface area contributed by atoms with Gasteiger partial charge in [0, 0.05) is 72.2 Å². The number of benzene rings is 2. The molecule has 0 atom stereocenters. The fourth-order valence-electron chi connectivity index (χ4n) is 7.93. The van der Waals surface area contributed by atoms with Crippen molar-refractivity contribution in [2.75, 3.05) is 50.1 Å². The quantitative estimate of drug-likeness (QED) is 0.152. The molecule has 0 amide bonds. The van der Waals surface area contributed by atoms with E-state index in [1.54, 1.807) is 48.5 Å². The number of ether oxygens (including phenoxy) is 1. The van der Waals surface area contributed by atoms with Crippen LogP contribution in [0.15, 0.2) is 72.8 Å². The van der Waals surface area contributed by atoms with E-state index < -0.39 is 5.97 Å². The molecule has 2 saturated heterocycles. The van der Waals surface area contributed by atoms with Crippen LogP contribution in [0.1, 0.15) is 56.7 Å². The predicted octanol–water partition coefficient (Wildman–Crippen LogP) is 5.61. The third kappa shape index (κ3) is 8.73. The van der Waals surface area contributed by atoms with Crippen molar-refractivity contribution in [2.24, 2.45) is 0 Å². The van der Waals surface area contributed by atoms with Crippen molar-refractivity contribution in [2.45, 2.75) is 57.7 Å². The Morgan fingerprint density at radius 3 is 1.95 bits per heavy atom. The number of carbonyl (C=O) groups is 1. The number of nitriles is 1. The second-order valence-electron chi connectivity index (χ2n) is 16.0. The highest BCUT2D eigenvalue weighted by Gasteiger charge is 2.39. The monoisotopic (exact) mass is 781 g/mol. The SMILES string of the molecule is COC(=O)c1ccc2cc(O)c(-c3ccc(N(C)C4CC(C)(C)NC(C)(C)C4)nn3)cc2n1.N#Cc1ccc2cc(O)c(-c3ccc(N4CCNCC4)nn3)cc2n1. The Bertz CT molecular complexity index is 2480. The van der Waals surface area contributed by atoms with Crippen LogP contribution in [0.5, 0.6) is 11.5 Å². The molecule has 58 heavy (non-hydrogen) atoms. The number of esters is 1. The van der Waals surface area contributed by atoms with Crippen molar-refractivity contribution in [1.82, 2.24) is 41.0 Å². The Labute approximate surface area is 336 Å². The zero-order valence-corrected chi connectivity index (χ0v) is 33.5. The van der Waals surface area contributed by atoms with Crippen LogP contribution in [0.25, 0.3) is 44.3 Å². The van der Waals surface area contributed by atoms with Gasteiger partial charge < -0.3 is 35.4 Å². The van der Waals surface area contributed by atoms with Crippen molar-refractivity contribution in [3.05, 3.63) is 84.2 Å². The molecule has 2 fully saturated rings. The first-order chi connectivity index (χ1) is 27.7. The van der Waals surface area contributed by atoms with E-state index in [2.05, 4.69) is 85.5 Å². The molecule has 0 radical (unpaired) electrons. The number of methoxy groups -OCH3 is 1. The van der Waals surface area contributed by atoms with Gasteiger partial charge >= 0.3 is 5.97 Å². The van der Waals surface area contributed by atoms with Crippen LogP contribution in [-0.4, -0.2) is 104 Å². The van der Waals surface area contributed by atoms with E-state index in [1.807, 2.05) is 30.3 Å². The van der Waals surface area contributed by atoms with Crippen LogP contribution < -0.4 is 20.4 Å². The summed E-state index contributed by atoms with van der Waals surface area (Å²) in [7, 11) is 3.37. The molecule has 6 aromatic rings. The van der Waals surface area contributed by atoms with Crippen molar-refractivity contribution < 1.29 is 19.7 Å². The van der Waals surface area contributed by atoms with E-state index in [4.69, 9.17) is 10.00 Å². The molecule has 8 rings (SSSR count). The topological polar surface area (TPSA) is 198 Å². The molecule has 6 heterocycles. The number of phenols is 2. The van der Waals surface area contributed by atoms with Gasteiger partial charge in [0.15, 0.2) is 11.6 Å². The van der Waals surface area contributed by atoms with E-state index in [9.17, 15) is 15.0 Å². The maximum Gasteiger partial charge on any atom is 0.356 e. The number of rotatable bonds is 6. The van der Waals surface area contributed by atoms with Crippen molar-refractivity contribution >= 4 is 39.4 Å². The molecular weight excluding hydrogens is 735 g/mol. The summed E-state index contributed by atoms with van der Waals surface area (Å²) in [5.41, 5.74) is 3.96. The molecule has 4 aromatic heterocycles. The highest BCUT2D eigenvalue weighted by Crippen LogP contribution is 2.35. The number of nitrogens with zero attached hydrogens (tertiary/aromatic N) is 9. The zero-order valence-electron chi connectivity index (χ0n) is 33.5. The summed E-state index contributed by atoms with van der Waals surface area (Å²) in [4.78, 5) is 24.8. The normalized spacial score (nSPS) is 16.3. The highest BCUT2D eigenvalue weighted by molar-refractivity contribution is 5.93. The molecule has 0 saturated carbocycles. The fourth-order valence-corrected chi connectivity index (χ4v) is 7.93. The van der Waals surface area contributed by atoms with Crippen LogP contribution in [0.3, 0.4) is 0 Å². The molecule has 0 aliphatic carbocycles. The van der Waals surface area contributed by atoms with Crippen LogP contribution >= 0.6 is 0 Å². The molecule has 15 nitrogen and oxygen atoms in total. The lowest BCUT2D eigenvalue weighted by molar-refractivity contribution is 0.0594. The van der Waals surface area contributed by atoms with Gasteiger partial charge in [-0.05, 0) is 107 Å². The van der Waals surface area contributed by atoms with Gasteiger partial charge in [0.05, 0.1) is 29.5 Å². The van der Waals surface area contributed by atoms with Gasteiger partial charge in [0.25, 0.3) is 0 Å². The lowest BCUT2D eigenvalue weighted by Crippen LogP contribution is -2.62. The van der Waals surface area contributed by atoms with Crippen molar-refractivity contribution in [3.8, 4) is 40.1 Å². The maximum atomic E-state index is 11.8. The summed E-state index contributed by atoms with van der Waals surface area (Å²) < 4.78 is 4.75. The van der Waals surface area contributed by atoms with Gasteiger partial charge in [-0.2, -0.15) is 5.26 Å². The van der Waals surface area contributed by atoms with Crippen molar-refractivity contribution in [3.63, 3.8) is 0 Å². The largest absolute Gasteiger partial charge is 0.507 e. The minimum atomic E-state index is -0.511. The Morgan fingerprint density at radius 1 is 0.810 bits per heavy atom. The molecule has 0 bridgehead atoms. The van der Waals surface area contributed by atoms with E-state index in [-0.39, 0.29) is 28.3 Å². The molecule has 0 spiro atoms. The number of piperazine rings is 1. The molecule has 2 aromatic carbocycles. The van der Waals surface area contributed by atoms with Gasteiger partial charge in [-0.15, -0.1) is 20.4 Å². The highest BCUT2D eigenvalue weighted by atomic mass is 16.5. The summed E-state index contributed by atoms with van der Waals surface area (Å²) in [5.74, 6) is 1.29. The number of hydrogen-bond donors (Lipinski definition) is 4. The number of pyridine rings is 2. The average molecular weight is 782 g/mol. The van der Waals surface area contributed by atoms with Crippen molar-refractivity contribution in [1.29, 1.82) is 5.26 Å². The molecule has 298 valence electrons. The maximum absolute atomic E-state index is 11.8. The molecule has 4 N–H and O–H groups in total. The van der Waals surface area contributed by atoms with Gasteiger partial charge in [-0.3, -0.25) is 0 Å². The van der Waals surface area contributed by atoms with Gasteiger partial charge in [0.2, 0.25) is 0 Å². The number of anilines is 2. The lowest BCUT2D eigenvalue weighted by atomic mass is 9.79. The summed E-state index contributed by atoms with van der Waals surface area (Å²) in [6.07, 6.45) is 1.99. The number of fused-ring (bicyclic) bond motifs is 2. The molecule has 0 unspecified atom stereocenters.